The number of ketones is 1. The molecule has 8 heteroatoms. The number of fused-ring (bicyclic) bond motifs is 3. The van der Waals surface area contributed by atoms with E-state index < -0.39 is 15.9 Å². The summed E-state index contributed by atoms with van der Waals surface area (Å²) < 4.78 is 33.0. The lowest BCUT2D eigenvalue weighted by Crippen LogP contribution is -2.21. The number of aromatic nitrogens is 1. The number of nitrogens with zero attached hydrogens (tertiary/aromatic N) is 2. The zero-order valence-electron chi connectivity index (χ0n) is 26.5. The number of carbonyl (C=O) groups is 2. The first-order chi connectivity index (χ1) is 21.0. The lowest BCUT2D eigenvalue weighted by Gasteiger charge is -2.17. The Labute approximate surface area is 260 Å². The number of allylic oxidation sites excluding steroid dienone is 2. The van der Waals surface area contributed by atoms with Gasteiger partial charge in [0.25, 0.3) is 0 Å². The van der Waals surface area contributed by atoms with Crippen molar-refractivity contribution in [3.63, 3.8) is 0 Å². The van der Waals surface area contributed by atoms with Crippen LogP contribution in [0.5, 0.6) is 0 Å². The second-order valence-corrected chi connectivity index (χ2v) is 13.3. The van der Waals surface area contributed by atoms with Crippen LogP contribution >= 0.6 is 0 Å². The predicted molar refractivity (Wildman–Crippen MR) is 179 cm³/mol. The van der Waals surface area contributed by atoms with Crippen molar-refractivity contribution in [1.82, 2.24) is 4.57 Å². The SMILES string of the molecule is CCCCC(CC)Cn1c2ccc(C(=O)/C(=N/OS(=O)(=O)c3ccc(C)cc3)C(C)C)cc2c2cc(C(C)=CC=O)ccc21. The zero-order valence-corrected chi connectivity index (χ0v) is 27.3. The van der Waals surface area contributed by atoms with E-state index in [1.54, 1.807) is 38.1 Å². The van der Waals surface area contributed by atoms with Gasteiger partial charge >= 0.3 is 10.1 Å². The second-order valence-electron chi connectivity index (χ2n) is 11.8. The van der Waals surface area contributed by atoms with Crippen LogP contribution in [0.25, 0.3) is 27.4 Å². The van der Waals surface area contributed by atoms with E-state index in [9.17, 15) is 18.0 Å². The summed E-state index contributed by atoms with van der Waals surface area (Å²) >= 11 is 0. The normalized spacial score (nSPS) is 13.5. The van der Waals surface area contributed by atoms with E-state index >= 15 is 0 Å². The highest BCUT2D eigenvalue weighted by atomic mass is 32.2. The minimum Gasteiger partial charge on any atom is -0.340 e. The minimum absolute atomic E-state index is 0.0137. The number of hydrogen-bond donors (Lipinski definition) is 0. The molecule has 44 heavy (non-hydrogen) atoms. The third-order valence-corrected chi connectivity index (χ3v) is 9.33. The van der Waals surface area contributed by atoms with E-state index in [2.05, 4.69) is 35.7 Å². The third kappa shape index (κ3) is 7.18. The molecule has 3 aromatic carbocycles. The molecule has 4 aromatic rings. The van der Waals surface area contributed by atoms with Crippen molar-refractivity contribution >= 4 is 55.3 Å². The molecule has 0 saturated heterocycles. The average molecular weight is 615 g/mol. The third-order valence-electron chi connectivity index (χ3n) is 8.21. The lowest BCUT2D eigenvalue weighted by molar-refractivity contribution is -0.104. The van der Waals surface area contributed by atoms with E-state index in [1.807, 2.05) is 32.0 Å². The van der Waals surface area contributed by atoms with Gasteiger partial charge in [-0.1, -0.05) is 75.9 Å². The molecule has 0 aliphatic carbocycles. The summed E-state index contributed by atoms with van der Waals surface area (Å²) in [7, 11) is -4.19. The van der Waals surface area contributed by atoms with Gasteiger partial charge in [-0.25, -0.2) is 0 Å². The predicted octanol–water partition coefficient (Wildman–Crippen LogP) is 8.52. The summed E-state index contributed by atoms with van der Waals surface area (Å²) in [5, 5.41) is 5.78. The van der Waals surface area contributed by atoms with E-state index in [4.69, 9.17) is 4.28 Å². The summed E-state index contributed by atoms with van der Waals surface area (Å²) in [5.41, 5.74) is 5.18. The van der Waals surface area contributed by atoms with Crippen LogP contribution in [0.2, 0.25) is 0 Å². The lowest BCUT2D eigenvalue weighted by atomic mass is 9.97. The number of hydrogen-bond acceptors (Lipinski definition) is 6. The molecule has 232 valence electrons. The molecule has 0 bridgehead atoms. The monoisotopic (exact) mass is 614 g/mol. The Bertz CT molecular complexity index is 1830. The van der Waals surface area contributed by atoms with E-state index in [-0.39, 0.29) is 16.5 Å². The zero-order chi connectivity index (χ0) is 32.0. The number of rotatable bonds is 14. The van der Waals surface area contributed by atoms with Gasteiger partial charge < -0.3 is 4.57 Å². The van der Waals surface area contributed by atoms with Gasteiger partial charge in [-0.3, -0.25) is 13.9 Å². The molecule has 0 radical (unpaired) electrons. The first-order valence-electron chi connectivity index (χ1n) is 15.3. The summed E-state index contributed by atoms with van der Waals surface area (Å²) in [6.07, 6.45) is 6.86. The topological polar surface area (TPSA) is 94.8 Å². The number of Topliss-reactive ketones (excluding diaryl/α,β-unsaturated/α-hetero) is 1. The fourth-order valence-corrected chi connectivity index (χ4v) is 6.19. The van der Waals surface area contributed by atoms with Crippen LogP contribution in [0.1, 0.15) is 81.8 Å². The van der Waals surface area contributed by atoms with Crippen molar-refractivity contribution in [2.45, 2.75) is 78.7 Å². The summed E-state index contributed by atoms with van der Waals surface area (Å²) in [6, 6.07) is 18.0. The van der Waals surface area contributed by atoms with Crippen molar-refractivity contribution in [1.29, 1.82) is 0 Å². The van der Waals surface area contributed by atoms with Crippen LogP contribution in [-0.2, 0) is 25.7 Å². The highest BCUT2D eigenvalue weighted by Gasteiger charge is 2.24. The number of benzene rings is 3. The minimum atomic E-state index is -4.19. The Morgan fingerprint density at radius 2 is 1.57 bits per heavy atom. The largest absolute Gasteiger partial charge is 0.358 e. The molecule has 7 nitrogen and oxygen atoms in total. The summed E-state index contributed by atoms with van der Waals surface area (Å²) in [6.45, 7) is 12.6. The van der Waals surface area contributed by atoms with E-state index in [0.29, 0.717) is 11.5 Å². The molecule has 4 rings (SSSR count). The molecule has 0 N–H and O–H groups in total. The highest BCUT2D eigenvalue weighted by Crippen LogP contribution is 2.34. The molecule has 1 unspecified atom stereocenters. The van der Waals surface area contributed by atoms with Gasteiger partial charge in [-0.05, 0) is 85.9 Å². The molecule has 0 fully saturated rings. The van der Waals surface area contributed by atoms with Crippen molar-refractivity contribution in [3.05, 3.63) is 83.4 Å². The fourth-order valence-electron chi connectivity index (χ4n) is 5.46. The second kappa shape index (κ2) is 14.2. The Hall–Kier alpha value is -4.04. The molecular formula is C36H42N2O5S. The van der Waals surface area contributed by atoms with E-state index in [1.165, 1.54) is 18.6 Å². The molecule has 0 aliphatic rings. The quantitative estimate of drug-likeness (QED) is 0.0466. The Kier molecular flexibility index (Phi) is 10.6. The van der Waals surface area contributed by atoms with Gasteiger partial charge in [0, 0.05) is 39.8 Å². The van der Waals surface area contributed by atoms with Crippen molar-refractivity contribution < 1.29 is 22.3 Å². The molecule has 1 heterocycles. The van der Waals surface area contributed by atoms with Crippen LogP contribution < -0.4 is 0 Å². The van der Waals surface area contributed by atoms with Crippen molar-refractivity contribution in [3.8, 4) is 0 Å². The number of carbonyl (C=O) groups excluding carboxylic acids is 2. The first kappa shape index (κ1) is 32.9. The molecule has 0 saturated carbocycles. The Morgan fingerprint density at radius 3 is 2.14 bits per heavy atom. The van der Waals surface area contributed by atoms with Crippen LogP contribution in [0.15, 0.2) is 76.8 Å². The van der Waals surface area contributed by atoms with Crippen molar-refractivity contribution in [2.24, 2.45) is 17.0 Å². The van der Waals surface area contributed by atoms with Crippen LogP contribution in [0.3, 0.4) is 0 Å². The molecular weight excluding hydrogens is 572 g/mol. The van der Waals surface area contributed by atoms with Crippen molar-refractivity contribution in [2.75, 3.05) is 0 Å². The van der Waals surface area contributed by atoms with Gasteiger partial charge in [0.05, 0.1) is 0 Å². The molecule has 0 aliphatic heterocycles. The Morgan fingerprint density at radius 1 is 0.955 bits per heavy atom. The van der Waals surface area contributed by atoms with Gasteiger partial charge in [-0.15, -0.1) is 0 Å². The van der Waals surface area contributed by atoms with Gasteiger partial charge in [0.2, 0.25) is 5.78 Å². The molecule has 0 spiro atoms. The maximum absolute atomic E-state index is 13.8. The first-order valence-corrected chi connectivity index (χ1v) is 16.7. The molecule has 0 amide bonds. The van der Waals surface area contributed by atoms with Gasteiger partial charge in [-0.2, -0.15) is 8.42 Å². The summed E-state index contributed by atoms with van der Waals surface area (Å²) in [5.74, 6) is -0.275. The van der Waals surface area contributed by atoms with Crippen LogP contribution in [0.4, 0.5) is 0 Å². The maximum Gasteiger partial charge on any atom is 0.358 e. The van der Waals surface area contributed by atoms with Gasteiger partial charge in [0.15, 0.2) is 0 Å². The van der Waals surface area contributed by atoms with Crippen LogP contribution in [-0.4, -0.2) is 30.8 Å². The smallest absolute Gasteiger partial charge is 0.340 e. The number of unbranched alkanes of at least 4 members (excludes halogenated alkanes) is 1. The molecule has 1 aromatic heterocycles. The Balaban J connectivity index is 1.80. The highest BCUT2D eigenvalue weighted by molar-refractivity contribution is 7.86. The van der Waals surface area contributed by atoms with Gasteiger partial charge in [0.1, 0.15) is 16.9 Å². The maximum atomic E-state index is 13.8. The standard InChI is InChI=1S/C36H42N2O5S/c1-7-9-10-27(8-2)23-38-33-17-13-28(26(6)19-20-39)21-31(33)32-22-29(14-18-34(32)38)36(40)35(24(3)4)37-43-44(41,42)30-15-11-25(5)12-16-30/h11-22,24,27H,7-10,23H2,1-6H3/b26-19?,37-35+. The molecule has 1 atom stereocenters. The van der Waals surface area contributed by atoms with E-state index in [0.717, 1.165) is 70.6 Å². The number of oxime groups is 1. The average Bonchev–Trinajstić information content (AvgIpc) is 3.31. The van der Waals surface area contributed by atoms with Crippen LogP contribution in [0, 0.1) is 18.8 Å². The number of aryl methyl sites for hydroxylation is 1. The fraction of sp³-hybridized carbons (Fsp3) is 0.361. The number of aldehydes is 1. The summed E-state index contributed by atoms with van der Waals surface area (Å²) in [4.78, 5) is 25.0.